The van der Waals surface area contributed by atoms with E-state index in [0.29, 0.717) is 37.9 Å². The van der Waals surface area contributed by atoms with Crippen LogP contribution in [-0.4, -0.2) is 41.3 Å². The molecule has 0 unspecified atom stereocenters. The number of nitrogens with zero attached hydrogens (tertiary/aromatic N) is 2. The van der Waals surface area contributed by atoms with E-state index in [2.05, 4.69) is 18.8 Å². The Morgan fingerprint density at radius 3 is 2.28 bits per heavy atom. The average Bonchev–Trinajstić information content (AvgIpc) is 3.63. The summed E-state index contributed by atoms with van der Waals surface area (Å²) in [7, 11) is 0. The fourth-order valence-electron chi connectivity index (χ4n) is 6.87. The number of nitro groups is 1. The molecular formula is C35H44N2O6. The van der Waals surface area contributed by atoms with E-state index < -0.39 is 5.41 Å². The van der Waals surface area contributed by atoms with Crippen molar-refractivity contribution in [3.8, 4) is 11.1 Å². The Hall–Kier alpha value is -3.68. The molecule has 1 saturated carbocycles. The van der Waals surface area contributed by atoms with Crippen LogP contribution in [0.3, 0.4) is 0 Å². The molecule has 43 heavy (non-hydrogen) atoms. The van der Waals surface area contributed by atoms with Crippen LogP contribution in [0.5, 0.6) is 0 Å². The summed E-state index contributed by atoms with van der Waals surface area (Å²) in [5.41, 5.74) is 3.97. The first-order valence-corrected chi connectivity index (χ1v) is 15.9. The quantitative estimate of drug-likeness (QED) is 0.0490. The molecule has 230 valence electrons. The number of rotatable bonds is 16. The van der Waals surface area contributed by atoms with E-state index in [-0.39, 0.29) is 53.2 Å². The fourth-order valence-corrected chi connectivity index (χ4v) is 6.87. The van der Waals surface area contributed by atoms with Crippen molar-refractivity contribution in [2.24, 2.45) is 10.9 Å². The van der Waals surface area contributed by atoms with Gasteiger partial charge in [-0.1, -0.05) is 58.6 Å². The smallest absolute Gasteiger partial charge is 0.306 e. The number of aliphatic imine (C=N–C) groups is 1. The number of fused-ring (bicyclic) bond motifs is 3. The summed E-state index contributed by atoms with van der Waals surface area (Å²) < 4.78 is 5.46. The zero-order chi connectivity index (χ0) is 31.0. The molecule has 0 atom stereocenters. The van der Waals surface area contributed by atoms with Gasteiger partial charge in [0.05, 0.1) is 30.2 Å². The predicted octanol–water partition coefficient (Wildman–Crippen LogP) is 7.97. The zero-order valence-corrected chi connectivity index (χ0v) is 25.8. The van der Waals surface area contributed by atoms with Crippen LogP contribution in [0.25, 0.3) is 11.1 Å². The van der Waals surface area contributed by atoms with Crippen molar-refractivity contribution in [1.29, 1.82) is 0 Å². The molecule has 2 aromatic rings. The van der Waals surface area contributed by atoms with Crippen molar-refractivity contribution >= 4 is 28.9 Å². The molecule has 0 saturated heterocycles. The number of Topliss-reactive ketones (excluding diaryl/α,β-unsaturated/α-hetero) is 2. The van der Waals surface area contributed by atoms with E-state index >= 15 is 0 Å². The highest BCUT2D eigenvalue weighted by atomic mass is 16.6. The lowest BCUT2D eigenvalue weighted by molar-refractivity contribution is -0.384. The number of hydrogen-bond donors (Lipinski definition) is 0. The minimum absolute atomic E-state index is 0.0177. The molecule has 0 N–H and O–H groups in total. The van der Waals surface area contributed by atoms with Gasteiger partial charge < -0.3 is 4.74 Å². The van der Waals surface area contributed by atoms with E-state index in [4.69, 9.17) is 4.74 Å². The van der Waals surface area contributed by atoms with Crippen LogP contribution in [0.4, 0.5) is 5.69 Å². The van der Waals surface area contributed by atoms with E-state index in [1.165, 1.54) is 31.7 Å². The van der Waals surface area contributed by atoms with Crippen molar-refractivity contribution in [2.45, 2.75) is 103 Å². The molecule has 0 spiro atoms. The highest BCUT2D eigenvalue weighted by molar-refractivity contribution is 6.46. The van der Waals surface area contributed by atoms with Gasteiger partial charge in [-0.2, -0.15) is 0 Å². The van der Waals surface area contributed by atoms with E-state index in [1.54, 1.807) is 18.2 Å². The minimum Gasteiger partial charge on any atom is -0.466 e. The molecule has 8 heteroatoms. The summed E-state index contributed by atoms with van der Waals surface area (Å²) in [5, 5.41) is 11.6. The molecule has 8 nitrogen and oxygen atoms in total. The Kier molecular flexibility index (Phi) is 11.0. The Bertz CT molecular complexity index is 1380. The second-order valence-electron chi connectivity index (χ2n) is 11.9. The molecule has 1 fully saturated rings. The summed E-state index contributed by atoms with van der Waals surface area (Å²) in [5.74, 6) is 0.00679. The van der Waals surface area contributed by atoms with Gasteiger partial charge in [-0.25, -0.2) is 0 Å². The fraction of sp³-hybridized carbons (Fsp3) is 0.543. The highest BCUT2D eigenvalue weighted by Crippen LogP contribution is 2.53. The molecular weight excluding hydrogens is 544 g/mol. The minimum atomic E-state index is -0.469. The van der Waals surface area contributed by atoms with Gasteiger partial charge in [0.15, 0.2) is 5.78 Å². The van der Waals surface area contributed by atoms with Gasteiger partial charge in [0.1, 0.15) is 0 Å². The molecule has 2 aliphatic rings. The highest BCUT2D eigenvalue weighted by Gasteiger charge is 2.42. The maximum Gasteiger partial charge on any atom is 0.306 e. The van der Waals surface area contributed by atoms with Crippen molar-refractivity contribution < 1.29 is 24.0 Å². The third-order valence-electron chi connectivity index (χ3n) is 9.32. The lowest BCUT2D eigenvalue weighted by Crippen LogP contribution is -2.24. The van der Waals surface area contributed by atoms with Gasteiger partial charge in [-0.3, -0.25) is 29.5 Å². The Balaban J connectivity index is 1.53. The van der Waals surface area contributed by atoms with Crippen LogP contribution < -0.4 is 0 Å². The third-order valence-corrected chi connectivity index (χ3v) is 9.32. The lowest BCUT2D eigenvalue weighted by atomic mass is 9.73. The van der Waals surface area contributed by atoms with Gasteiger partial charge >= 0.3 is 5.97 Å². The number of carbonyl (C=O) groups is 3. The molecule has 2 aliphatic carbocycles. The van der Waals surface area contributed by atoms with E-state index in [0.717, 1.165) is 41.0 Å². The number of nitro benzene ring substituents is 1. The number of esters is 1. The van der Waals surface area contributed by atoms with E-state index in [1.807, 2.05) is 19.1 Å². The summed E-state index contributed by atoms with van der Waals surface area (Å²) in [6.45, 7) is 6.31. The van der Waals surface area contributed by atoms with Crippen LogP contribution in [0.1, 0.15) is 119 Å². The normalized spacial score (nSPS) is 15.7. The number of hydrogen-bond acceptors (Lipinski definition) is 7. The third kappa shape index (κ3) is 7.28. The maximum atomic E-state index is 13.9. The van der Waals surface area contributed by atoms with Crippen molar-refractivity contribution in [2.75, 3.05) is 13.2 Å². The number of benzene rings is 2. The first kappa shape index (κ1) is 32.2. The van der Waals surface area contributed by atoms with Crippen LogP contribution in [-0.2, 0) is 19.7 Å². The predicted molar refractivity (Wildman–Crippen MR) is 168 cm³/mol. The molecule has 0 radical (unpaired) electrons. The molecule has 0 aliphatic heterocycles. The van der Waals surface area contributed by atoms with Crippen LogP contribution in [0, 0.1) is 16.0 Å². The van der Waals surface area contributed by atoms with Gasteiger partial charge in [0.2, 0.25) is 5.78 Å². The van der Waals surface area contributed by atoms with Crippen molar-refractivity contribution in [3.05, 3.63) is 63.2 Å². The van der Waals surface area contributed by atoms with Crippen LogP contribution in [0.15, 0.2) is 41.4 Å². The summed E-state index contributed by atoms with van der Waals surface area (Å²) in [4.78, 5) is 54.3. The van der Waals surface area contributed by atoms with E-state index in [9.17, 15) is 24.5 Å². The maximum absolute atomic E-state index is 13.9. The molecule has 2 aromatic carbocycles. The van der Waals surface area contributed by atoms with Gasteiger partial charge in [-0.15, -0.1) is 0 Å². The summed E-state index contributed by atoms with van der Waals surface area (Å²) in [6.07, 6.45) is 9.64. The number of carbonyl (C=O) groups excluding carboxylic acids is 3. The van der Waals surface area contributed by atoms with Crippen molar-refractivity contribution in [3.63, 3.8) is 0 Å². The topological polar surface area (TPSA) is 116 Å². The van der Waals surface area contributed by atoms with Gasteiger partial charge in [0, 0.05) is 36.0 Å². The van der Waals surface area contributed by atoms with Crippen LogP contribution >= 0.6 is 0 Å². The Labute approximate surface area is 254 Å². The lowest BCUT2D eigenvalue weighted by Gasteiger charge is -2.29. The Morgan fingerprint density at radius 2 is 1.63 bits per heavy atom. The first-order valence-electron chi connectivity index (χ1n) is 15.9. The monoisotopic (exact) mass is 588 g/mol. The first-order chi connectivity index (χ1) is 20.7. The van der Waals surface area contributed by atoms with Crippen molar-refractivity contribution in [1.82, 2.24) is 0 Å². The second-order valence-corrected chi connectivity index (χ2v) is 11.9. The standard InChI is InChI=1S/C35H44N2O6/c1-4-10-27(38)23-36-32(18-19-33(39)43-20-9-13-24-11-7-8-12-24)34(40)25-14-16-28-29-17-15-26(37(41)42)22-31(29)35(5-2,6-3)30(28)21-25/h14-17,21-22,24H,4-13,18-20,23H2,1-3H3. The molecule has 0 amide bonds. The molecule has 0 aromatic heterocycles. The van der Waals surface area contributed by atoms with Gasteiger partial charge in [-0.05, 0) is 72.4 Å². The zero-order valence-electron chi connectivity index (χ0n) is 25.8. The largest absolute Gasteiger partial charge is 0.466 e. The number of ketones is 2. The Morgan fingerprint density at radius 1 is 0.953 bits per heavy atom. The second kappa shape index (κ2) is 14.7. The summed E-state index contributed by atoms with van der Waals surface area (Å²) >= 11 is 0. The SMILES string of the molecule is CCCC(=O)CN=C(CCC(=O)OCCCC1CCCC1)C(=O)c1ccc2c(c1)C(CC)(CC)c1cc([N+](=O)[O-])ccc1-2. The van der Waals surface area contributed by atoms with Crippen LogP contribution in [0.2, 0.25) is 0 Å². The summed E-state index contributed by atoms with van der Waals surface area (Å²) in [6, 6.07) is 10.5. The van der Waals surface area contributed by atoms with Gasteiger partial charge in [0.25, 0.3) is 5.69 Å². The number of ether oxygens (including phenoxy) is 1. The molecule has 0 bridgehead atoms. The molecule has 4 rings (SSSR count). The average molecular weight is 589 g/mol. The number of non-ortho nitro benzene ring substituents is 1. The molecule has 0 heterocycles.